The van der Waals surface area contributed by atoms with Crippen LogP contribution in [0, 0.1) is 19.8 Å². The molecule has 7 nitrogen and oxygen atoms in total. The average molecular weight is 370 g/mol. The molecule has 3 rings (SSSR count). The van der Waals surface area contributed by atoms with Crippen molar-refractivity contribution in [2.75, 3.05) is 37.5 Å². The molecule has 1 saturated heterocycles. The minimum atomic E-state index is -0.125. The van der Waals surface area contributed by atoms with Gasteiger partial charge in [-0.05, 0) is 32.8 Å². The normalized spacial score (nSPS) is 16.7. The standard InChI is InChI=1S/C20H26N4O3/c1-13-8-14(2)22-20(21-13)24-7-5-6-15(12-24)19(25)23-16-9-17(26-3)11-18(10-16)27-4/h8-11,15H,5-7,12H2,1-4H3,(H,23,25)/t15-/m0/s1. The monoisotopic (exact) mass is 370 g/mol. The third-order valence-electron chi connectivity index (χ3n) is 4.66. The zero-order valence-corrected chi connectivity index (χ0v) is 16.3. The molecule has 1 aliphatic rings. The number of anilines is 2. The Balaban J connectivity index is 1.71. The van der Waals surface area contributed by atoms with Gasteiger partial charge in [-0.25, -0.2) is 9.97 Å². The van der Waals surface area contributed by atoms with Crippen LogP contribution in [0.2, 0.25) is 0 Å². The smallest absolute Gasteiger partial charge is 0.229 e. The number of aryl methyl sites for hydroxylation is 2. The van der Waals surface area contributed by atoms with Gasteiger partial charge in [0.25, 0.3) is 0 Å². The van der Waals surface area contributed by atoms with Crippen LogP contribution in [0.1, 0.15) is 24.2 Å². The van der Waals surface area contributed by atoms with Crippen molar-refractivity contribution >= 4 is 17.5 Å². The molecule has 1 fully saturated rings. The van der Waals surface area contributed by atoms with E-state index in [1.165, 1.54) is 0 Å². The number of carbonyl (C=O) groups is 1. The first-order chi connectivity index (χ1) is 13.0. The Morgan fingerprint density at radius 1 is 1.07 bits per heavy atom. The van der Waals surface area contributed by atoms with E-state index in [0.29, 0.717) is 29.7 Å². The number of amides is 1. The minimum Gasteiger partial charge on any atom is -0.497 e. The summed E-state index contributed by atoms with van der Waals surface area (Å²) >= 11 is 0. The lowest BCUT2D eigenvalue weighted by Crippen LogP contribution is -2.41. The number of carbonyl (C=O) groups excluding carboxylic acids is 1. The van der Waals surface area contributed by atoms with Crippen LogP contribution in [0.5, 0.6) is 11.5 Å². The summed E-state index contributed by atoms with van der Waals surface area (Å²) in [6.07, 6.45) is 1.77. The molecule has 1 aromatic carbocycles. The number of nitrogens with zero attached hydrogens (tertiary/aromatic N) is 3. The topological polar surface area (TPSA) is 76.6 Å². The first-order valence-corrected chi connectivity index (χ1v) is 9.09. The number of ether oxygens (including phenoxy) is 2. The summed E-state index contributed by atoms with van der Waals surface area (Å²) in [6, 6.07) is 7.30. The van der Waals surface area contributed by atoms with Gasteiger partial charge in [-0.3, -0.25) is 4.79 Å². The quantitative estimate of drug-likeness (QED) is 0.872. The Morgan fingerprint density at radius 2 is 1.70 bits per heavy atom. The third-order valence-corrected chi connectivity index (χ3v) is 4.66. The molecule has 1 amide bonds. The van der Waals surface area contributed by atoms with Crippen LogP contribution in [-0.2, 0) is 4.79 Å². The molecule has 1 aliphatic heterocycles. The van der Waals surface area contributed by atoms with Crippen LogP contribution in [-0.4, -0.2) is 43.2 Å². The van der Waals surface area contributed by atoms with E-state index in [0.717, 1.165) is 30.8 Å². The first-order valence-electron chi connectivity index (χ1n) is 9.09. The fraction of sp³-hybridized carbons (Fsp3) is 0.450. The van der Waals surface area contributed by atoms with Crippen molar-refractivity contribution in [3.8, 4) is 11.5 Å². The average Bonchev–Trinajstić information content (AvgIpc) is 2.67. The summed E-state index contributed by atoms with van der Waals surface area (Å²) in [5, 5.41) is 2.99. The summed E-state index contributed by atoms with van der Waals surface area (Å²) in [4.78, 5) is 24.0. The largest absolute Gasteiger partial charge is 0.497 e. The zero-order chi connectivity index (χ0) is 19.4. The highest BCUT2D eigenvalue weighted by atomic mass is 16.5. The molecule has 2 heterocycles. The Bertz CT molecular complexity index is 782. The summed E-state index contributed by atoms with van der Waals surface area (Å²) in [7, 11) is 3.17. The first kappa shape index (κ1) is 18.9. The molecule has 0 bridgehead atoms. The van der Waals surface area contributed by atoms with E-state index >= 15 is 0 Å². The predicted octanol–water partition coefficient (Wildman–Crippen LogP) is 2.97. The van der Waals surface area contributed by atoms with Crippen LogP contribution in [0.25, 0.3) is 0 Å². The van der Waals surface area contributed by atoms with Crippen molar-refractivity contribution in [1.82, 2.24) is 9.97 Å². The van der Waals surface area contributed by atoms with Gasteiger partial charge in [0.05, 0.1) is 20.1 Å². The lowest BCUT2D eigenvalue weighted by molar-refractivity contribution is -0.120. The van der Waals surface area contributed by atoms with Crippen molar-refractivity contribution < 1.29 is 14.3 Å². The lowest BCUT2D eigenvalue weighted by Gasteiger charge is -2.32. The fourth-order valence-electron chi connectivity index (χ4n) is 3.35. The van der Waals surface area contributed by atoms with E-state index in [1.54, 1.807) is 32.4 Å². The molecule has 27 heavy (non-hydrogen) atoms. The van der Waals surface area contributed by atoms with E-state index in [9.17, 15) is 4.79 Å². The molecule has 0 unspecified atom stereocenters. The molecule has 7 heteroatoms. The highest BCUT2D eigenvalue weighted by Gasteiger charge is 2.27. The number of nitrogens with one attached hydrogen (secondary N) is 1. The number of rotatable bonds is 5. The maximum atomic E-state index is 12.8. The molecule has 0 spiro atoms. The van der Waals surface area contributed by atoms with Gasteiger partial charge in [-0.15, -0.1) is 0 Å². The van der Waals surface area contributed by atoms with Gasteiger partial charge >= 0.3 is 0 Å². The summed E-state index contributed by atoms with van der Waals surface area (Å²) in [5.41, 5.74) is 2.54. The fourth-order valence-corrected chi connectivity index (χ4v) is 3.35. The van der Waals surface area contributed by atoms with Crippen LogP contribution in [0.15, 0.2) is 24.3 Å². The second kappa shape index (κ2) is 8.24. The van der Waals surface area contributed by atoms with Crippen LogP contribution in [0.4, 0.5) is 11.6 Å². The van der Waals surface area contributed by atoms with Crippen LogP contribution in [0.3, 0.4) is 0 Å². The number of piperidine rings is 1. The van der Waals surface area contributed by atoms with Gasteiger partial charge in [0, 0.05) is 48.4 Å². The van der Waals surface area contributed by atoms with E-state index in [4.69, 9.17) is 9.47 Å². The van der Waals surface area contributed by atoms with Gasteiger partial charge in [0.15, 0.2) is 0 Å². The van der Waals surface area contributed by atoms with Crippen molar-refractivity contribution in [2.24, 2.45) is 5.92 Å². The molecule has 0 aliphatic carbocycles. The summed E-state index contributed by atoms with van der Waals surface area (Å²) < 4.78 is 10.5. The molecule has 0 radical (unpaired) electrons. The maximum Gasteiger partial charge on any atom is 0.229 e. The van der Waals surface area contributed by atoms with Gasteiger partial charge in [-0.2, -0.15) is 0 Å². The maximum absolute atomic E-state index is 12.8. The van der Waals surface area contributed by atoms with E-state index in [1.807, 2.05) is 19.9 Å². The van der Waals surface area contributed by atoms with E-state index < -0.39 is 0 Å². The Labute approximate surface area is 159 Å². The van der Waals surface area contributed by atoms with E-state index in [2.05, 4.69) is 20.2 Å². The molecule has 0 saturated carbocycles. The van der Waals surface area contributed by atoms with Gasteiger partial charge in [0.1, 0.15) is 11.5 Å². The van der Waals surface area contributed by atoms with Gasteiger partial charge < -0.3 is 19.7 Å². The summed E-state index contributed by atoms with van der Waals surface area (Å²) in [5.74, 6) is 1.84. The Morgan fingerprint density at radius 3 is 2.30 bits per heavy atom. The number of aromatic nitrogens is 2. The highest BCUT2D eigenvalue weighted by molar-refractivity contribution is 5.93. The molecule has 2 aromatic rings. The highest BCUT2D eigenvalue weighted by Crippen LogP contribution is 2.27. The van der Waals surface area contributed by atoms with Crippen molar-refractivity contribution in [3.05, 3.63) is 35.7 Å². The number of benzene rings is 1. The van der Waals surface area contributed by atoms with Gasteiger partial charge in [-0.1, -0.05) is 0 Å². The van der Waals surface area contributed by atoms with Crippen molar-refractivity contribution in [1.29, 1.82) is 0 Å². The third kappa shape index (κ3) is 4.67. The predicted molar refractivity (Wildman–Crippen MR) is 105 cm³/mol. The second-order valence-electron chi connectivity index (χ2n) is 6.83. The van der Waals surface area contributed by atoms with Crippen molar-refractivity contribution in [2.45, 2.75) is 26.7 Å². The SMILES string of the molecule is COc1cc(NC(=O)[C@H]2CCCN(c3nc(C)cc(C)n3)C2)cc(OC)c1. The molecule has 1 aromatic heterocycles. The number of hydrogen-bond donors (Lipinski definition) is 1. The molecular weight excluding hydrogens is 344 g/mol. The van der Waals surface area contributed by atoms with E-state index in [-0.39, 0.29) is 11.8 Å². The second-order valence-corrected chi connectivity index (χ2v) is 6.83. The minimum absolute atomic E-state index is 0.0145. The van der Waals surface area contributed by atoms with Crippen LogP contribution >= 0.6 is 0 Å². The number of methoxy groups -OCH3 is 2. The number of hydrogen-bond acceptors (Lipinski definition) is 6. The molecule has 144 valence electrons. The van der Waals surface area contributed by atoms with Crippen LogP contribution < -0.4 is 19.7 Å². The molecular formula is C20H26N4O3. The Hall–Kier alpha value is -2.83. The zero-order valence-electron chi connectivity index (χ0n) is 16.3. The lowest BCUT2D eigenvalue weighted by atomic mass is 9.97. The van der Waals surface area contributed by atoms with Crippen molar-refractivity contribution in [3.63, 3.8) is 0 Å². The van der Waals surface area contributed by atoms with Gasteiger partial charge in [0.2, 0.25) is 11.9 Å². The summed E-state index contributed by atoms with van der Waals surface area (Å²) in [6.45, 7) is 5.39. The molecule has 1 atom stereocenters. The molecule has 1 N–H and O–H groups in total. The Kier molecular flexibility index (Phi) is 5.78.